The second kappa shape index (κ2) is 9.11. The Hall–Kier alpha value is -5.19. The van der Waals surface area contributed by atoms with Crippen LogP contribution in [0.4, 0.5) is 11.4 Å². The van der Waals surface area contributed by atoms with Crippen molar-refractivity contribution >= 4 is 39.9 Å². The van der Waals surface area contributed by atoms with E-state index in [9.17, 15) is 29.1 Å². The SMILES string of the molecule is Nc1ccc2[nH]c(=O)n(-c3ccc(CC(NC(=O)C4Nc5ccccc5C4=O)C(=O)O)cc3)c(=O)c2c1. The molecule has 0 spiro atoms. The van der Waals surface area contributed by atoms with Crippen LogP contribution >= 0.6 is 0 Å². The molecule has 0 saturated heterocycles. The maximum Gasteiger partial charge on any atom is 0.333 e. The zero-order valence-electron chi connectivity index (χ0n) is 19.2. The van der Waals surface area contributed by atoms with Gasteiger partial charge >= 0.3 is 11.7 Å². The van der Waals surface area contributed by atoms with E-state index in [2.05, 4.69) is 15.6 Å². The van der Waals surface area contributed by atoms with E-state index in [4.69, 9.17) is 5.73 Å². The lowest BCUT2D eigenvalue weighted by Crippen LogP contribution is -2.49. The van der Waals surface area contributed by atoms with Gasteiger partial charge in [-0.25, -0.2) is 14.2 Å². The second-order valence-corrected chi connectivity index (χ2v) is 8.63. The molecule has 1 aliphatic rings. The number of Topliss-reactive ketones (excluding diaryl/α,β-unsaturated/α-hetero) is 1. The fourth-order valence-electron chi connectivity index (χ4n) is 4.32. The van der Waals surface area contributed by atoms with Crippen LogP contribution < -0.4 is 27.6 Å². The van der Waals surface area contributed by atoms with Gasteiger partial charge in [-0.15, -0.1) is 0 Å². The summed E-state index contributed by atoms with van der Waals surface area (Å²) in [5.41, 5.74) is 6.99. The number of aliphatic carboxylic acids is 1. The van der Waals surface area contributed by atoms with Gasteiger partial charge in [0.1, 0.15) is 6.04 Å². The molecule has 11 heteroatoms. The number of nitrogens with two attached hydrogens (primary N) is 1. The third-order valence-electron chi connectivity index (χ3n) is 6.19. The minimum Gasteiger partial charge on any atom is -0.480 e. The highest BCUT2D eigenvalue weighted by molar-refractivity contribution is 6.21. The van der Waals surface area contributed by atoms with Crippen molar-refractivity contribution in [2.45, 2.75) is 18.5 Å². The van der Waals surface area contributed by atoms with E-state index >= 15 is 0 Å². The molecule has 1 amide bonds. The van der Waals surface area contributed by atoms with Crippen molar-refractivity contribution in [1.82, 2.24) is 14.9 Å². The van der Waals surface area contributed by atoms with E-state index in [0.29, 0.717) is 28.0 Å². The highest BCUT2D eigenvalue weighted by Crippen LogP contribution is 2.25. The molecule has 4 aromatic rings. The molecule has 1 aromatic heterocycles. The summed E-state index contributed by atoms with van der Waals surface area (Å²) in [5, 5.41) is 15.2. The molecule has 5 rings (SSSR count). The topological polar surface area (TPSA) is 176 Å². The number of hydrogen-bond donors (Lipinski definition) is 5. The first-order chi connectivity index (χ1) is 17.7. The summed E-state index contributed by atoms with van der Waals surface area (Å²) in [6.07, 6.45) is -0.0886. The molecule has 0 bridgehead atoms. The van der Waals surface area contributed by atoms with Crippen LogP contribution in [0.5, 0.6) is 0 Å². The van der Waals surface area contributed by atoms with Gasteiger partial charge in [0.05, 0.1) is 16.6 Å². The van der Waals surface area contributed by atoms with Crippen LogP contribution in [0.3, 0.4) is 0 Å². The third kappa shape index (κ3) is 4.33. The summed E-state index contributed by atoms with van der Waals surface area (Å²) in [7, 11) is 0. The fraction of sp³-hybridized carbons (Fsp3) is 0.115. The van der Waals surface area contributed by atoms with Gasteiger partial charge in [0, 0.05) is 23.4 Å². The molecule has 0 radical (unpaired) electrons. The standard InChI is InChI=1S/C26H21N5O6/c27-14-7-10-19-17(12-14)24(34)31(26(37)30-19)15-8-5-13(6-9-15)11-20(25(35)36)29-23(33)21-22(32)16-3-1-2-4-18(16)28-21/h1-10,12,20-21,28H,11,27H2,(H,29,33)(H,30,37)(H,35,36). The van der Waals surface area contributed by atoms with Gasteiger partial charge in [-0.2, -0.15) is 0 Å². The van der Waals surface area contributed by atoms with E-state index in [-0.39, 0.29) is 17.5 Å². The first kappa shape index (κ1) is 23.5. The van der Waals surface area contributed by atoms with Gasteiger partial charge in [0.2, 0.25) is 0 Å². The Morgan fingerprint density at radius 1 is 1.03 bits per heavy atom. The number of para-hydroxylation sites is 1. The number of nitrogens with one attached hydrogen (secondary N) is 3. The summed E-state index contributed by atoms with van der Waals surface area (Å²) < 4.78 is 0.955. The Bertz CT molecular complexity index is 1690. The highest BCUT2D eigenvalue weighted by Gasteiger charge is 2.36. The molecule has 3 aromatic carbocycles. The predicted molar refractivity (Wildman–Crippen MR) is 136 cm³/mol. The number of nitrogen functional groups attached to an aromatic ring is 1. The Balaban J connectivity index is 1.35. The summed E-state index contributed by atoms with van der Waals surface area (Å²) in [6, 6.07) is 14.8. The lowest BCUT2D eigenvalue weighted by atomic mass is 10.0. The lowest BCUT2D eigenvalue weighted by Gasteiger charge is -2.17. The number of aromatic nitrogens is 2. The Morgan fingerprint density at radius 3 is 2.46 bits per heavy atom. The van der Waals surface area contributed by atoms with Crippen LogP contribution in [0.15, 0.2) is 76.3 Å². The van der Waals surface area contributed by atoms with Gasteiger partial charge in [-0.05, 0) is 48.0 Å². The number of hydrogen-bond acceptors (Lipinski definition) is 7. The predicted octanol–water partition coefficient (Wildman–Crippen LogP) is 1.05. The lowest BCUT2D eigenvalue weighted by molar-refractivity contribution is -0.141. The fourth-order valence-corrected chi connectivity index (χ4v) is 4.32. The van der Waals surface area contributed by atoms with Gasteiger partial charge in [-0.3, -0.25) is 14.4 Å². The number of aromatic amines is 1. The number of carboxylic acid groups (broad SMARTS) is 1. The van der Waals surface area contributed by atoms with Crippen LogP contribution in [-0.4, -0.2) is 44.4 Å². The van der Waals surface area contributed by atoms with E-state index < -0.39 is 41.0 Å². The number of carboxylic acids is 1. The molecule has 37 heavy (non-hydrogen) atoms. The smallest absolute Gasteiger partial charge is 0.333 e. The van der Waals surface area contributed by atoms with Crippen molar-refractivity contribution in [2.24, 2.45) is 0 Å². The van der Waals surface area contributed by atoms with Gasteiger partial charge in [0.25, 0.3) is 11.5 Å². The highest BCUT2D eigenvalue weighted by atomic mass is 16.4. The first-order valence-electron chi connectivity index (χ1n) is 11.3. The number of benzene rings is 3. The molecule has 6 N–H and O–H groups in total. The Labute approximate surface area is 208 Å². The van der Waals surface area contributed by atoms with Crippen molar-refractivity contribution in [1.29, 1.82) is 0 Å². The van der Waals surface area contributed by atoms with Crippen molar-refractivity contribution < 1.29 is 19.5 Å². The summed E-state index contributed by atoms with van der Waals surface area (Å²) in [4.78, 5) is 65.3. The zero-order chi connectivity index (χ0) is 26.3. The first-order valence-corrected chi connectivity index (χ1v) is 11.3. The van der Waals surface area contributed by atoms with Crippen LogP contribution in [-0.2, 0) is 16.0 Å². The number of anilines is 2. The molecule has 0 saturated carbocycles. The van der Waals surface area contributed by atoms with E-state index in [1.54, 1.807) is 48.5 Å². The van der Waals surface area contributed by atoms with Crippen LogP contribution in [0.2, 0.25) is 0 Å². The van der Waals surface area contributed by atoms with Crippen molar-refractivity contribution in [3.05, 3.63) is 98.7 Å². The Morgan fingerprint density at radius 2 is 1.76 bits per heavy atom. The number of amides is 1. The molecular weight excluding hydrogens is 478 g/mol. The summed E-state index contributed by atoms with van der Waals surface area (Å²) >= 11 is 0. The molecule has 1 aliphatic heterocycles. The molecule has 2 heterocycles. The number of carbonyl (C=O) groups is 3. The zero-order valence-corrected chi connectivity index (χ0v) is 19.2. The molecule has 186 valence electrons. The minimum atomic E-state index is -1.31. The molecule has 2 atom stereocenters. The van der Waals surface area contributed by atoms with Gasteiger partial charge < -0.3 is 26.5 Å². The molecular formula is C26H21N5O6. The second-order valence-electron chi connectivity index (χ2n) is 8.63. The third-order valence-corrected chi connectivity index (χ3v) is 6.19. The average Bonchev–Trinajstić information content (AvgIpc) is 3.22. The quantitative estimate of drug-likeness (QED) is 0.193. The number of H-pyrrole nitrogens is 1. The number of ketones is 1. The van der Waals surface area contributed by atoms with Gasteiger partial charge in [-0.1, -0.05) is 24.3 Å². The molecule has 0 fully saturated rings. The van der Waals surface area contributed by atoms with E-state index in [1.807, 2.05) is 0 Å². The maximum atomic E-state index is 12.9. The van der Waals surface area contributed by atoms with E-state index in [1.165, 1.54) is 18.2 Å². The number of carbonyl (C=O) groups excluding carboxylic acids is 2. The number of fused-ring (bicyclic) bond motifs is 2. The van der Waals surface area contributed by atoms with Crippen molar-refractivity contribution in [2.75, 3.05) is 11.1 Å². The number of nitrogens with zero attached hydrogens (tertiary/aromatic N) is 1. The van der Waals surface area contributed by atoms with Crippen molar-refractivity contribution in [3.8, 4) is 5.69 Å². The molecule has 11 nitrogen and oxygen atoms in total. The van der Waals surface area contributed by atoms with E-state index in [0.717, 1.165) is 4.57 Å². The molecule has 2 unspecified atom stereocenters. The van der Waals surface area contributed by atoms with Crippen LogP contribution in [0.25, 0.3) is 16.6 Å². The monoisotopic (exact) mass is 499 g/mol. The molecule has 0 aliphatic carbocycles. The van der Waals surface area contributed by atoms with Gasteiger partial charge in [0.15, 0.2) is 11.8 Å². The minimum absolute atomic E-state index is 0.0886. The van der Waals surface area contributed by atoms with Crippen LogP contribution in [0, 0.1) is 0 Å². The number of rotatable bonds is 6. The largest absolute Gasteiger partial charge is 0.480 e. The normalized spacial score (nSPS) is 15.1. The average molecular weight is 499 g/mol. The van der Waals surface area contributed by atoms with Crippen LogP contribution in [0.1, 0.15) is 15.9 Å². The summed E-state index contributed by atoms with van der Waals surface area (Å²) in [5.74, 6) is -2.46. The van der Waals surface area contributed by atoms with Crippen molar-refractivity contribution in [3.63, 3.8) is 0 Å². The maximum absolute atomic E-state index is 12.9. The summed E-state index contributed by atoms with van der Waals surface area (Å²) in [6.45, 7) is 0. The Kier molecular flexibility index (Phi) is 5.80.